The van der Waals surface area contributed by atoms with Gasteiger partial charge in [-0.25, -0.2) is 0 Å². The Morgan fingerprint density at radius 3 is 2.83 bits per heavy atom. The Morgan fingerprint density at radius 1 is 1.21 bits per heavy atom. The Hall–Kier alpha value is -2.44. The van der Waals surface area contributed by atoms with Gasteiger partial charge in [0.25, 0.3) is 0 Å². The molecule has 2 aliphatic rings. The van der Waals surface area contributed by atoms with Crippen LogP contribution in [0, 0.1) is 11.8 Å². The van der Waals surface area contributed by atoms with Gasteiger partial charge >= 0.3 is 0 Å². The van der Waals surface area contributed by atoms with E-state index in [4.69, 9.17) is 0 Å². The van der Waals surface area contributed by atoms with Gasteiger partial charge in [-0.3, -0.25) is 4.79 Å². The number of amides is 1. The van der Waals surface area contributed by atoms with E-state index in [1.165, 1.54) is 12.8 Å². The van der Waals surface area contributed by atoms with Crippen molar-refractivity contribution in [3.63, 3.8) is 0 Å². The number of benzene rings is 1. The molecule has 1 saturated carbocycles. The molecule has 0 radical (unpaired) electrons. The predicted octanol–water partition coefficient (Wildman–Crippen LogP) is 1.40. The molecule has 2 aromatic rings. The van der Waals surface area contributed by atoms with Crippen molar-refractivity contribution in [2.24, 2.45) is 11.8 Å². The van der Waals surface area contributed by atoms with Crippen molar-refractivity contribution < 1.29 is 4.79 Å². The number of nitrogens with one attached hydrogen (secondary N) is 1. The normalized spacial score (nSPS) is 20.8. The average Bonchev–Trinajstić information content (AvgIpc) is 3.34. The minimum Gasteiger partial charge on any atom is -0.356 e. The van der Waals surface area contributed by atoms with Crippen molar-refractivity contribution in [1.82, 2.24) is 25.5 Å². The lowest BCUT2D eigenvalue weighted by Gasteiger charge is -2.32. The van der Waals surface area contributed by atoms with Crippen molar-refractivity contribution >= 4 is 11.9 Å². The van der Waals surface area contributed by atoms with E-state index in [0.29, 0.717) is 18.4 Å². The third kappa shape index (κ3) is 3.25. The Bertz CT molecular complexity index is 696. The first kappa shape index (κ1) is 15.1. The van der Waals surface area contributed by atoms with Gasteiger partial charge in [0.2, 0.25) is 11.9 Å². The van der Waals surface area contributed by atoms with Crippen LogP contribution >= 0.6 is 0 Å². The number of anilines is 1. The van der Waals surface area contributed by atoms with Crippen LogP contribution in [0.2, 0.25) is 0 Å². The maximum Gasteiger partial charge on any atom is 0.250 e. The molecule has 1 saturated heterocycles. The van der Waals surface area contributed by atoms with Crippen LogP contribution in [0.4, 0.5) is 5.95 Å². The summed E-state index contributed by atoms with van der Waals surface area (Å²) < 4.78 is 1.74. The molecule has 2 heterocycles. The van der Waals surface area contributed by atoms with E-state index in [9.17, 15) is 4.79 Å². The summed E-state index contributed by atoms with van der Waals surface area (Å²) in [6, 6.07) is 9.85. The number of carbonyl (C=O) groups excluding carboxylic acids is 1. The van der Waals surface area contributed by atoms with Crippen LogP contribution in [0.15, 0.2) is 30.3 Å². The van der Waals surface area contributed by atoms with Gasteiger partial charge in [-0.1, -0.05) is 23.3 Å². The Labute approximate surface area is 141 Å². The standard InChI is InChI=1S/C17H22N6O/c24-16(18-11-13-8-9-13)14-5-4-10-22(12-14)17-19-20-21-23(17)15-6-2-1-3-7-15/h1-3,6-7,13-14H,4-5,8-12H2,(H,18,24)/t14-/m1/s1. The maximum absolute atomic E-state index is 12.4. The molecule has 1 aromatic carbocycles. The molecule has 126 valence electrons. The van der Waals surface area contributed by atoms with Crippen LogP contribution < -0.4 is 10.2 Å². The molecule has 1 N–H and O–H groups in total. The van der Waals surface area contributed by atoms with Crippen LogP contribution in [-0.2, 0) is 4.79 Å². The van der Waals surface area contributed by atoms with Crippen LogP contribution in [0.3, 0.4) is 0 Å². The van der Waals surface area contributed by atoms with Crippen molar-refractivity contribution in [3.8, 4) is 5.69 Å². The summed E-state index contributed by atoms with van der Waals surface area (Å²) in [5.41, 5.74) is 0.929. The first-order valence-electron chi connectivity index (χ1n) is 8.68. The number of nitrogens with zero attached hydrogens (tertiary/aromatic N) is 5. The van der Waals surface area contributed by atoms with Gasteiger partial charge in [-0.05, 0) is 54.2 Å². The molecule has 1 atom stereocenters. The Balaban J connectivity index is 1.46. The number of piperidine rings is 1. The fourth-order valence-electron chi connectivity index (χ4n) is 3.20. The van der Waals surface area contributed by atoms with Crippen molar-refractivity contribution in [1.29, 1.82) is 0 Å². The van der Waals surface area contributed by atoms with Crippen molar-refractivity contribution in [2.45, 2.75) is 25.7 Å². The van der Waals surface area contributed by atoms with Crippen molar-refractivity contribution in [2.75, 3.05) is 24.5 Å². The zero-order chi connectivity index (χ0) is 16.4. The molecule has 1 amide bonds. The predicted molar refractivity (Wildman–Crippen MR) is 89.8 cm³/mol. The summed E-state index contributed by atoms with van der Waals surface area (Å²) in [5.74, 6) is 1.60. The first-order valence-corrected chi connectivity index (χ1v) is 8.68. The zero-order valence-electron chi connectivity index (χ0n) is 13.6. The largest absolute Gasteiger partial charge is 0.356 e. The van der Waals surface area contributed by atoms with E-state index >= 15 is 0 Å². The number of hydrogen-bond donors (Lipinski definition) is 1. The highest BCUT2D eigenvalue weighted by Gasteiger charge is 2.30. The molecule has 24 heavy (non-hydrogen) atoms. The maximum atomic E-state index is 12.4. The fourth-order valence-corrected chi connectivity index (χ4v) is 3.20. The quantitative estimate of drug-likeness (QED) is 0.899. The zero-order valence-corrected chi connectivity index (χ0v) is 13.6. The highest BCUT2D eigenvalue weighted by molar-refractivity contribution is 5.79. The smallest absolute Gasteiger partial charge is 0.250 e. The SMILES string of the molecule is O=C(NCC1CC1)[C@@H]1CCCN(c2nnnn2-c2ccccc2)C1. The molecular formula is C17H22N6O. The van der Waals surface area contributed by atoms with Gasteiger partial charge in [0.05, 0.1) is 11.6 Å². The van der Waals surface area contributed by atoms with E-state index in [2.05, 4.69) is 25.7 Å². The average molecular weight is 326 g/mol. The lowest BCUT2D eigenvalue weighted by atomic mass is 9.97. The van der Waals surface area contributed by atoms with E-state index in [1.54, 1.807) is 4.68 Å². The van der Waals surface area contributed by atoms with Gasteiger partial charge in [-0.15, -0.1) is 0 Å². The van der Waals surface area contributed by atoms with Gasteiger partial charge in [0.1, 0.15) is 0 Å². The highest BCUT2D eigenvalue weighted by Crippen LogP contribution is 2.28. The monoisotopic (exact) mass is 326 g/mol. The van der Waals surface area contributed by atoms with Gasteiger partial charge in [0.15, 0.2) is 0 Å². The van der Waals surface area contributed by atoms with Crippen LogP contribution in [-0.4, -0.2) is 45.7 Å². The minimum absolute atomic E-state index is 0.0124. The van der Waals surface area contributed by atoms with Gasteiger partial charge < -0.3 is 10.2 Å². The number of rotatable bonds is 5. The molecule has 0 bridgehead atoms. The molecule has 1 aromatic heterocycles. The number of hydrogen-bond acceptors (Lipinski definition) is 5. The van der Waals surface area contributed by atoms with Crippen LogP contribution in [0.25, 0.3) is 5.69 Å². The number of carbonyl (C=O) groups is 1. The Kier molecular flexibility index (Phi) is 4.15. The van der Waals surface area contributed by atoms with Crippen LogP contribution in [0.5, 0.6) is 0 Å². The summed E-state index contributed by atoms with van der Waals surface area (Å²) in [4.78, 5) is 14.5. The van der Waals surface area contributed by atoms with Gasteiger partial charge in [-0.2, -0.15) is 4.68 Å². The second-order valence-electron chi connectivity index (χ2n) is 6.70. The van der Waals surface area contributed by atoms with E-state index in [1.807, 2.05) is 30.3 Å². The molecule has 0 unspecified atom stereocenters. The number of tetrazole rings is 1. The van der Waals surface area contributed by atoms with E-state index < -0.39 is 0 Å². The van der Waals surface area contributed by atoms with Crippen LogP contribution in [0.1, 0.15) is 25.7 Å². The minimum atomic E-state index is 0.0124. The van der Waals surface area contributed by atoms with Crippen molar-refractivity contribution in [3.05, 3.63) is 30.3 Å². The molecule has 4 rings (SSSR count). The topological polar surface area (TPSA) is 75.9 Å². The summed E-state index contributed by atoms with van der Waals surface area (Å²) >= 11 is 0. The number of aromatic nitrogens is 4. The molecule has 0 spiro atoms. The summed E-state index contributed by atoms with van der Waals surface area (Å²) in [6.45, 7) is 2.38. The molecule has 7 nitrogen and oxygen atoms in total. The highest BCUT2D eigenvalue weighted by atomic mass is 16.1. The second kappa shape index (κ2) is 6.59. The van der Waals surface area contributed by atoms with E-state index in [-0.39, 0.29) is 11.8 Å². The summed E-state index contributed by atoms with van der Waals surface area (Å²) in [5, 5.41) is 15.2. The third-order valence-electron chi connectivity index (χ3n) is 4.79. The molecule has 2 fully saturated rings. The number of para-hydroxylation sites is 1. The Morgan fingerprint density at radius 2 is 2.04 bits per heavy atom. The fraction of sp³-hybridized carbons (Fsp3) is 0.529. The summed E-state index contributed by atoms with van der Waals surface area (Å²) in [6.07, 6.45) is 4.41. The summed E-state index contributed by atoms with van der Waals surface area (Å²) in [7, 11) is 0. The third-order valence-corrected chi connectivity index (χ3v) is 4.79. The first-order chi connectivity index (χ1) is 11.8. The molecule has 1 aliphatic heterocycles. The lowest BCUT2D eigenvalue weighted by molar-refractivity contribution is -0.125. The second-order valence-corrected chi connectivity index (χ2v) is 6.70. The lowest BCUT2D eigenvalue weighted by Crippen LogP contribution is -2.44. The molecule has 1 aliphatic carbocycles. The van der Waals surface area contributed by atoms with Gasteiger partial charge in [0, 0.05) is 19.6 Å². The molecule has 7 heteroatoms. The van der Waals surface area contributed by atoms with E-state index in [0.717, 1.165) is 31.6 Å². The molecular weight excluding hydrogens is 304 g/mol.